The summed E-state index contributed by atoms with van der Waals surface area (Å²) in [4.78, 5) is 0. The maximum Gasteiger partial charge on any atom is 0.127 e. The lowest BCUT2D eigenvalue weighted by Gasteiger charge is -2.07. The van der Waals surface area contributed by atoms with E-state index in [1.807, 2.05) is 0 Å². The first kappa shape index (κ1) is 11.4. The van der Waals surface area contributed by atoms with Gasteiger partial charge in [-0.25, -0.2) is 4.39 Å². The molecule has 0 aliphatic rings. The van der Waals surface area contributed by atoms with Crippen LogP contribution in [0.3, 0.4) is 0 Å². The minimum absolute atomic E-state index is 0.285. The molecule has 4 heteroatoms. The second kappa shape index (κ2) is 5.29. The summed E-state index contributed by atoms with van der Waals surface area (Å²) in [7, 11) is 0. The fourth-order valence-corrected chi connectivity index (χ4v) is 1.29. The van der Waals surface area contributed by atoms with E-state index in [1.165, 1.54) is 12.1 Å². The molecule has 0 heterocycles. The molecule has 1 unspecified atom stereocenters. The van der Waals surface area contributed by atoms with Crippen molar-refractivity contribution in [2.75, 3.05) is 6.54 Å². The molecule has 0 saturated carbocycles. The summed E-state index contributed by atoms with van der Waals surface area (Å²) >= 11 is 5.71. The second-order valence-corrected chi connectivity index (χ2v) is 3.65. The van der Waals surface area contributed by atoms with E-state index in [1.54, 1.807) is 13.0 Å². The Balaban J connectivity index is 2.53. The van der Waals surface area contributed by atoms with Gasteiger partial charge in [-0.3, -0.25) is 0 Å². The number of nitrogens with one attached hydrogen (secondary N) is 1. The molecule has 1 aromatic rings. The SMILES string of the molecule is CC(O)CNCc1cc(Cl)ccc1F. The highest BCUT2D eigenvalue weighted by atomic mass is 35.5. The van der Waals surface area contributed by atoms with Crippen LogP contribution in [0.15, 0.2) is 18.2 Å². The highest BCUT2D eigenvalue weighted by Gasteiger charge is 2.02. The van der Waals surface area contributed by atoms with Gasteiger partial charge >= 0.3 is 0 Å². The van der Waals surface area contributed by atoms with E-state index in [-0.39, 0.29) is 5.82 Å². The number of hydrogen-bond donors (Lipinski definition) is 2. The molecular formula is C10H13ClFNO. The fraction of sp³-hybridized carbons (Fsp3) is 0.400. The molecule has 0 fully saturated rings. The third kappa shape index (κ3) is 3.62. The highest BCUT2D eigenvalue weighted by molar-refractivity contribution is 6.30. The first-order valence-electron chi connectivity index (χ1n) is 4.42. The van der Waals surface area contributed by atoms with Crippen LogP contribution in [0, 0.1) is 5.82 Å². The molecule has 0 saturated heterocycles. The summed E-state index contributed by atoms with van der Waals surface area (Å²) < 4.78 is 13.1. The normalized spacial score (nSPS) is 12.9. The van der Waals surface area contributed by atoms with Crippen LogP contribution in [-0.2, 0) is 6.54 Å². The van der Waals surface area contributed by atoms with Crippen molar-refractivity contribution in [2.24, 2.45) is 0 Å². The topological polar surface area (TPSA) is 32.3 Å². The van der Waals surface area contributed by atoms with Crippen molar-refractivity contribution >= 4 is 11.6 Å². The molecule has 2 nitrogen and oxygen atoms in total. The summed E-state index contributed by atoms with van der Waals surface area (Å²) in [6.45, 7) is 2.48. The van der Waals surface area contributed by atoms with E-state index in [0.29, 0.717) is 23.7 Å². The third-order valence-corrected chi connectivity index (χ3v) is 2.00. The Morgan fingerprint density at radius 2 is 2.29 bits per heavy atom. The largest absolute Gasteiger partial charge is 0.392 e. The van der Waals surface area contributed by atoms with Crippen molar-refractivity contribution in [1.82, 2.24) is 5.32 Å². The van der Waals surface area contributed by atoms with Crippen molar-refractivity contribution in [3.8, 4) is 0 Å². The van der Waals surface area contributed by atoms with Crippen LogP contribution in [0.4, 0.5) is 4.39 Å². The zero-order valence-corrected chi connectivity index (χ0v) is 8.68. The zero-order valence-electron chi connectivity index (χ0n) is 7.93. The van der Waals surface area contributed by atoms with Gasteiger partial charge in [-0.2, -0.15) is 0 Å². The average Bonchev–Trinajstić information content (AvgIpc) is 2.10. The molecular weight excluding hydrogens is 205 g/mol. The van der Waals surface area contributed by atoms with E-state index < -0.39 is 6.10 Å². The van der Waals surface area contributed by atoms with Gasteiger partial charge in [0.25, 0.3) is 0 Å². The molecule has 78 valence electrons. The lowest BCUT2D eigenvalue weighted by atomic mass is 10.2. The lowest BCUT2D eigenvalue weighted by molar-refractivity contribution is 0.191. The van der Waals surface area contributed by atoms with E-state index in [2.05, 4.69) is 5.32 Å². The van der Waals surface area contributed by atoms with E-state index in [4.69, 9.17) is 16.7 Å². The van der Waals surface area contributed by atoms with Crippen LogP contribution in [0.25, 0.3) is 0 Å². The quantitative estimate of drug-likeness (QED) is 0.808. The maximum absolute atomic E-state index is 13.1. The van der Waals surface area contributed by atoms with Crippen molar-refractivity contribution < 1.29 is 9.50 Å². The van der Waals surface area contributed by atoms with Crippen molar-refractivity contribution in [3.63, 3.8) is 0 Å². The molecule has 1 atom stereocenters. The average molecular weight is 218 g/mol. The number of hydrogen-bond acceptors (Lipinski definition) is 2. The standard InChI is InChI=1S/C10H13ClFNO/c1-7(14)5-13-6-8-4-9(11)2-3-10(8)12/h2-4,7,13-14H,5-6H2,1H3. The maximum atomic E-state index is 13.1. The van der Waals surface area contributed by atoms with Gasteiger partial charge in [-0.15, -0.1) is 0 Å². The number of benzene rings is 1. The van der Waals surface area contributed by atoms with Crippen molar-refractivity contribution in [1.29, 1.82) is 0 Å². The number of aliphatic hydroxyl groups excluding tert-OH is 1. The van der Waals surface area contributed by atoms with E-state index in [0.717, 1.165) is 0 Å². The second-order valence-electron chi connectivity index (χ2n) is 3.22. The predicted molar refractivity (Wildman–Crippen MR) is 54.8 cm³/mol. The molecule has 0 bridgehead atoms. The number of rotatable bonds is 4. The summed E-state index contributed by atoms with van der Waals surface area (Å²) in [5, 5.41) is 12.4. The first-order valence-corrected chi connectivity index (χ1v) is 4.80. The Hall–Kier alpha value is -0.640. The molecule has 0 radical (unpaired) electrons. The fourth-order valence-electron chi connectivity index (χ4n) is 1.09. The molecule has 0 aliphatic carbocycles. The molecule has 2 N–H and O–H groups in total. The first-order chi connectivity index (χ1) is 6.59. The Morgan fingerprint density at radius 3 is 2.93 bits per heavy atom. The number of aliphatic hydroxyl groups is 1. The van der Waals surface area contributed by atoms with Crippen molar-refractivity contribution in [3.05, 3.63) is 34.6 Å². The smallest absolute Gasteiger partial charge is 0.127 e. The Labute approximate surface area is 87.7 Å². The monoisotopic (exact) mass is 217 g/mol. The zero-order chi connectivity index (χ0) is 10.6. The van der Waals surface area contributed by atoms with Crippen LogP contribution >= 0.6 is 11.6 Å². The van der Waals surface area contributed by atoms with Gasteiger partial charge in [0.05, 0.1) is 6.10 Å². The van der Waals surface area contributed by atoms with Crippen LogP contribution in [0.5, 0.6) is 0 Å². The summed E-state index contributed by atoms with van der Waals surface area (Å²) in [5.41, 5.74) is 0.512. The van der Waals surface area contributed by atoms with Crippen molar-refractivity contribution in [2.45, 2.75) is 19.6 Å². The van der Waals surface area contributed by atoms with Crippen LogP contribution < -0.4 is 5.32 Å². The van der Waals surface area contributed by atoms with Gasteiger partial charge in [0.2, 0.25) is 0 Å². The minimum atomic E-state index is -0.433. The number of halogens is 2. The highest BCUT2D eigenvalue weighted by Crippen LogP contribution is 2.14. The van der Waals surface area contributed by atoms with Gasteiger partial charge in [-0.05, 0) is 25.1 Å². The molecule has 0 aromatic heterocycles. The van der Waals surface area contributed by atoms with Gasteiger partial charge < -0.3 is 10.4 Å². The minimum Gasteiger partial charge on any atom is -0.392 e. The Bertz CT molecular complexity index is 304. The van der Waals surface area contributed by atoms with E-state index >= 15 is 0 Å². The molecule has 1 rings (SSSR count). The van der Waals surface area contributed by atoms with Crippen LogP contribution in [-0.4, -0.2) is 17.8 Å². The molecule has 14 heavy (non-hydrogen) atoms. The Kier molecular flexibility index (Phi) is 4.32. The molecule has 0 amide bonds. The summed E-state index contributed by atoms with van der Waals surface area (Å²) in [6, 6.07) is 4.42. The van der Waals surface area contributed by atoms with Gasteiger partial charge in [0.1, 0.15) is 5.82 Å². The lowest BCUT2D eigenvalue weighted by Crippen LogP contribution is -2.24. The third-order valence-electron chi connectivity index (χ3n) is 1.76. The van der Waals surface area contributed by atoms with Gasteiger partial charge in [-0.1, -0.05) is 11.6 Å². The van der Waals surface area contributed by atoms with E-state index in [9.17, 15) is 4.39 Å². The van der Waals surface area contributed by atoms with Gasteiger partial charge in [0, 0.05) is 23.7 Å². The summed E-state index contributed by atoms with van der Waals surface area (Å²) in [5.74, 6) is -0.285. The van der Waals surface area contributed by atoms with Crippen LogP contribution in [0.2, 0.25) is 5.02 Å². The molecule has 0 aliphatic heterocycles. The predicted octanol–water partition coefficient (Wildman–Crippen LogP) is 1.95. The van der Waals surface area contributed by atoms with Crippen LogP contribution in [0.1, 0.15) is 12.5 Å². The van der Waals surface area contributed by atoms with Gasteiger partial charge in [0.15, 0.2) is 0 Å². The molecule has 0 spiro atoms. The Morgan fingerprint density at radius 1 is 1.57 bits per heavy atom. The molecule has 1 aromatic carbocycles. The summed E-state index contributed by atoms with van der Waals surface area (Å²) in [6.07, 6.45) is -0.433.